The first kappa shape index (κ1) is 17.6. The summed E-state index contributed by atoms with van der Waals surface area (Å²) in [6.45, 7) is 6.25. The number of amides is 2. The van der Waals surface area contributed by atoms with Crippen LogP contribution in [0.3, 0.4) is 0 Å². The van der Waals surface area contributed by atoms with Gasteiger partial charge in [0.1, 0.15) is 0 Å². The minimum Gasteiger partial charge on any atom is -0.335 e. The molecule has 0 radical (unpaired) electrons. The lowest BCUT2D eigenvalue weighted by molar-refractivity contribution is 0.249. The van der Waals surface area contributed by atoms with Crippen LogP contribution in [0, 0.1) is 0 Å². The highest BCUT2D eigenvalue weighted by Crippen LogP contribution is 2.33. The third-order valence-corrected chi connectivity index (χ3v) is 5.96. The van der Waals surface area contributed by atoms with E-state index in [9.17, 15) is 13.2 Å². The van der Waals surface area contributed by atoms with Crippen molar-refractivity contribution in [2.45, 2.75) is 46.1 Å². The fourth-order valence-electron chi connectivity index (χ4n) is 2.58. The first-order chi connectivity index (χ1) is 10.9. The van der Waals surface area contributed by atoms with Gasteiger partial charge in [-0.15, -0.1) is 0 Å². The number of nitrogens with one attached hydrogen (secondary N) is 2. The van der Waals surface area contributed by atoms with E-state index in [-0.39, 0.29) is 17.8 Å². The van der Waals surface area contributed by atoms with Gasteiger partial charge in [-0.25, -0.2) is 13.2 Å². The summed E-state index contributed by atoms with van der Waals surface area (Å²) in [5.41, 5.74) is 2.28. The zero-order chi connectivity index (χ0) is 17.0. The van der Waals surface area contributed by atoms with Gasteiger partial charge >= 0.3 is 6.03 Å². The molecule has 1 aromatic carbocycles. The van der Waals surface area contributed by atoms with Gasteiger partial charge in [0.2, 0.25) is 10.0 Å². The topological polar surface area (TPSA) is 78.5 Å². The number of carbonyl (C=O) groups is 1. The van der Waals surface area contributed by atoms with Gasteiger partial charge in [-0.3, -0.25) is 4.31 Å². The van der Waals surface area contributed by atoms with E-state index in [0.717, 1.165) is 12.0 Å². The summed E-state index contributed by atoms with van der Waals surface area (Å²) < 4.78 is 26.1. The van der Waals surface area contributed by atoms with E-state index in [1.165, 1.54) is 4.31 Å². The maximum Gasteiger partial charge on any atom is 0.319 e. The molecule has 6 nitrogen and oxygen atoms in total. The van der Waals surface area contributed by atoms with Gasteiger partial charge in [-0.2, -0.15) is 0 Å². The molecule has 1 aliphatic heterocycles. The minimum atomic E-state index is -3.29. The second kappa shape index (κ2) is 7.21. The highest BCUT2D eigenvalue weighted by Gasteiger charge is 2.28. The molecule has 1 atom stereocenters. The molecule has 23 heavy (non-hydrogen) atoms. The van der Waals surface area contributed by atoms with Crippen molar-refractivity contribution in [1.82, 2.24) is 5.32 Å². The third-order valence-electron chi connectivity index (χ3n) is 3.98. The Morgan fingerprint density at radius 3 is 2.74 bits per heavy atom. The summed E-state index contributed by atoms with van der Waals surface area (Å²) in [5.74, 6) is 0.137. The second-order valence-corrected chi connectivity index (χ2v) is 7.90. The lowest BCUT2D eigenvalue weighted by Crippen LogP contribution is -2.35. The molecule has 2 N–H and O–H groups in total. The average molecular weight is 339 g/mol. The molecule has 1 aliphatic rings. The number of rotatable bonds is 6. The van der Waals surface area contributed by atoms with E-state index in [4.69, 9.17) is 0 Å². The fraction of sp³-hybridized carbons (Fsp3) is 0.562. The molecule has 1 unspecified atom stereocenters. The SMILES string of the molecule is CCCS(=O)(=O)N1CCc2ccc(NC(=O)NC(C)CC)cc21. The first-order valence-electron chi connectivity index (χ1n) is 8.08. The van der Waals surface area contributed by atoms with Crippen LogP contribution in [0.1, 0.15) is 39.2 Å². The molecule has 0 aliphatic carbocycles. The minimum absolute atomic E-state index is 0.0888. The van der Waals surface area contributed by atoms with E-state index in [2.05, 4.69) is 10.6 Å². The molecule has 0 fully saturated rings. The van der Waals surface area contributed by atoms with Crippen LogP contribution < -0.4 is 14.9 Å². The van der Waals surface area contributed by atoms with E-state index >= 15 is 0 Å². The quantitative estimate of drug-likeness (QED) is 0.836. The summed E-state index contributed by atoms with van der Waals surface area (Å²) in [6, 6.07) is 5.25. The lowest BCUT2D eigenvalue weighted by Gasteiger charge is -2.20. The molecule has 1 aromatic rings. The second-order valence-electron chi connectivity index (χ2n) is 5.89. The van der Waals surface area contributed by atoms with Crippen LogP contribution in [0.5, 0.6) is 0 Å². The van der Waals surface area contributed by atoms with Crippen molar-refractivity contribution in [2.75, 3.05) is 21.9 Å². The van der Waals surface area contributed by atoms with Gasteiger partial charge in [-0.05, 0) is 43.9 Å². The lowest BCUT2D eigenvalue weighted by atomic mass is 10.1. The normalized spacial score (nSPS) is 15.2. The zero-order valence-electron chi connectivity index (χ0n) is 13.9. The maximum absolute atomic E-state index is 12.3. The number of nitrogens with zero attached hydrogens (tertiary/aromatic N) is 1. The van der Waals surface area contributed by atoms with Crippen molar-refractivity contribution >= 4 is 27.4 Å². The standard InChI is InChI=1S/C16H25N3O3S/c1-4-10-23(21,22)19-9-8-13-6-7-14(11-15(13)19)18-16(20)17-12(3)5-2/h6-7,11-12H,4-5,8-10H2,1-3H3,(H2,17,18,20). The van der Waals surface area contributed by atoms with Crippen LogP contribution in [-0.4, -0.2) is 32.8 Å². The predicted molar refractivity (Wildman–Crippen MR) is 93.5 cm³/mol. The molecule has 1 heterocycles. The Balaban J connectivity index is 2.17. The van der Waals surface area contributed by atoms with E-state index in [1.807, 2.05) is 32.9 Å². The Kier molecular flexibility index (Phi) is 5.51. The molecule has 7 heteroatoms. The summed E-state index contributed by atoms with van der Waals surface area (Å²) in [5, 5.41) is 5.59. The molecule has 0 saturated carbocycles. The van der Waals surface area contributed by atoms with Crippen molar-refractivity contribution in [3.8, 4) is 0 Å². The van der Waals surface area contributed by atoms with Crippen LogP contribution in [0.25, 0.3) is 0 Å². The molecular weight excluding hydrogens is 314 g/mol. The summed E-state index contributed by atoms with van der Waals surface area (Å²) in [4.78, 5) is 11.9. The number of sulfonamides is 1. The Morgan fingerprint density at radius 2 is 2.09 bits per heavy atom. The van der Waals surface area contributed by atoms with Crippen LogP contribution in [0.15, 0.2) is 18.2 Å². The molecule has 2 rings (SSSR count). The summed E-state index contributed by atoms with van der Waals surface area (Å²) in [7, 11) is -3.29. The van der Waals surface area contributed by atoms with Gasteiger partial charge < -0.3 is 10.6 Å². The van der Waals surface area contributed by atoms with Crippen LogP contribution in [-0.2, 0) is 16.4 Å². The van der Waals surface area contributed by atoms with Crippen molar-refractivity contribution < 1.29 is 13.2 Å². The first-order valence-corrected chi connectivity index (χ1v) is 9.69. The number of anilines is 2. The van der Waals surface area contributed by atoms with Crippen LogP contribution in [0.2, 0.25) is 0 Å². The molecule has 2 amide bonds. The molecule has 0 aromatic heterocycles. The Morgan fingerprint density at radius 1 is 1.35 bits per heavy atom. The van der Waals surface area contributed by atoms with E-state index in [0.29, 0.717) is 30.8 Å². The van der Waals surface area contributed by atoms with E-state index in [1.54, 1.807) is 6.07 Å². The largest absolute Gasteiger partial charge is 0.335 e. The number of hydrogen-bond donors (Lipinski definition) is 2. The number of carbonyl (C=O) groups excluding carboxylic acids is 1. The summed E-state index contributed by atoms with van der Waals surface area (Å²) in [6.07, 6.45) is 2.14. The van der Waals surface area contributed by atoms with Crippen molar-refractivity contribution in [2.24, 2.45) is 0 Å². The third kappa shape index (κ3) is 4.16. The Hall–Kier alpha value is -1.76. The van der Waals surface area contributed by atoms with Gasteiger partial charge in [0.25, 0.3) is 0 Å². The van der Waals surface area contributed by atoms with Crippen molar-refractivity contribution in [1.29, 1.82) is 0 Å². The van der Waals surface area contributed by atoms with Crippen LogP contribution in [0.4, 0.5) is 16.2 Å². The highest BCUT2D eigenvalue weighted by molar-refractivity contribution is 7.92. The van der Waals surface area contributed by atoms with Gasteiger partial charge in [0, 0.05) is 18.3 Å². The molecular formula is C16H25N3O3S. The predicted octanol–water partition coefficient (Wildman–Crippen LogP) is 2.71. The number of urea groups is 1. The molecule has 128 valence electrons. The van der Waals surface area contributed by atoms with Crippen molar-refractivity contribution in [3.05, 3.63) is 23.8 Å². The van der Waals surface area contributed by atoms with Gasteiger partial charge in [0.05, 0.1) is 11.4 Å². The summed E-state index contributed by atoms with van der Waals surface area (Å²) >= 11 is 0. The van der Waals surface area contributed by atoms with Crippen LogP contribution >= 0.6 is 0 Å². The van der Waals surface area contributed by atoms with Gasteiger partial charge in [-0.1, -0.05) is 19.9 Å². The zero-order valence-corrected chi connectivity index (χ0v) is 14.7. The van der Waals surface area contributed by atoms with E-state index < -0.39 is 10.0 Å². The Labute approximate surface area is 138 Å². The molecule has 0 saturated heterocycles. The molecule has 0 bridgehead atoms. The number of hydrogen-bond acceptors (Lipinski definition) is 3. The molecule has 0 spiro atoms. The fourth-order valence-corrected chi connectivity index (χ4v) is 4.15. The average Bonchev–Trinajstić information content (AvgIpc) is 2.90. The van der Waals surface area contributed by atoms with Crippen molar-refractivity contribution in [3.63, 3.8) is 0 Å². The monoisotopic (exact) mass is 339 g/mol. The van der Waals surface area contributed by atoms with Gasteiger partial charge in [0.15, 0.2) is 0 Å². The maximum atomic E-state index is 12.3. The highest BCUT2D eigenvalue weighted by atomic mass is 32.2. The smallest absolute Gasteiger partial charge is 0.319 e. The Bertz CT molecular complexity index is 673. The number of fused-ring (bicyclic) bond motifs is 1. The number of benzene rings is 1.